The molecule has 0 amide bonds. The lowest BCUT2D eigenvalue weighted by Gasteiger charge is -2.07. The van der Waals surface area contributed by atoms with Crippen LogP contribution in [0.4, 0.5) is 11.4 Å². The van der Waals surface area contributed by atoms with Gasteiger partial charge in [0.05, 0.1) is 4.92 Å². The largest absolute Gasteiger partial charge is 0.508 e. The number of benzene rings is 2. The van der Waals surface area contributed by atoms with Crippen LogP contribution in [0.5, 0.6) is 5.75 Å². The first-order chi connectivity index (χ1) is 9.06. The molecule has 0 atom stereocenters. The van der Waals surface area contributed by atoms with Crippen molar-refractivity contribution in [1.29, 1.82) is 0 Å². The number of nitrogens with zero attached hydrogens (tertiary/aromatic N) is 1. The quantitative estimate of drug-likeness (QED) is 0.662. The van der Waals surface area contributed by atoms with Gasteiger partial charge in [-0.2, -0.15) is 0 Å². The molecule has 2 aromatic rings. The molecule has 6 heteroatoms. The molecule has 0 saturated heterocycles. The normalized spacial score (nSPS) is 10.2. The van der Waals surface area contributed by atoms with Gasteiger partial charge < -0.3 is 10.4 Å². The first kappa shape index (κ1) is 13.2. The Morgan fingerprint density at radius 1 is 1.21 bits per heavy atom. The van der Waals surface area contributed by atoms with Gasteiger partial charge in [-0.05, 0) is 29.8 Å². The molecular weight excluding hydrogens is 268 g/mol. The van der Waals surface area contributed by atoms with E-state index in [1.807, 2.05) is 0 Å². The van der Waals surface area contributed by atoms with Crippen LogP contribution >= 0.6 is 11.6 Å². The first-order valence-electron chi connectivity index (χ1n) is 5.52. The van der Waals surface area contributed by atoms with E-state index in [1.54, 1.807) is 30.3 Å². The highest BCUT2D eigenvalue weighted by atomic mass is 35.5. The molecule has 2 N–H and O–H groups in total. The number of halogens is 1. The third-order valence-corrected chi connectivity index (χ3v) is 2.88. The van der Waals surface area contributed by atoms with Crippen LogP contribution in [0.2, 0.25) is 5.02 Å². The van der Waals surface area contributed by atoms with Crippen molar-refractivity contribution in [3.8, 4) is 5.75 Å². The second kappa shape index (κ2) is 5.58. The maximum absolute atomic E-state index is 10.6. The molecule has 0 bridgehead atoms. The average Bonchev–Trinajstić information content (AvgIpc) is 2.37. The number of anilines is 1. The maximum Gasteiger partial charge on any atom is 0.288 e. The predicted octanol–water partition coefficient (Wildman–Crippen LogP) is 3.57. The molecule has 0 radical (unpaired) electrons. The van der Waals surface area contributed by atoms with Gasteiger partial charge in [0.1, 0.15) is 10.8 Å². The molecule has 0 unspecified atom stereocenters. The van der Waals surface area contributed by atoms with Gasteiger partial charge in [0.2, 0.25) is 0 Å². The zero-order chi connectivity index (χ0) is 13.8. The van der Waals surface area contributed by atoms with Crippen LogP contribution in [0.3, 0.4) is 0 Å². The van der Waals surface area contributed by atoms with E-state index in [-0.39, 0.29) is 16.5 Å². The summed E-state index contributed by atoms with van der Waals surface area (Å²) in [7, 11) is 0. The lowest BCUT2D eigenvalue weighted by atomic mass is 10.2. The molecule has 0 fully saturated rings. The second-order valence-corrected chi connectivity index (χ2v) is 4.35. The van der Waals surface area contributed by atoms with Crippen molar-refractivity contribution in [2.24, 2.45) is 0 Å². The summed E-state index contributed by atoms with van der Waals surface area (Å²) in [6.45, 7) is 0.536. The van der Waals surface area contributed by atoms with Crippen LogP contribution in [0, 0.1) is 10.1 Å². The Bertz CT molecular complexity index is 599. The Kier molecular flexibility index (Phi) is 3.87. The van der Waals surface area contributed by atoms with Crippen LogP contribution in [0.15, 0.2) is 42.5 Å². The lowest BCUT2D eigenvalue weighted by molar-refractivity contribution is -0.384. The van der Waals surface area contributed by atoms with Gasteiger partial charge in [-0.25, -0.2) is 0 Å². The van der Waals surface area contributed by atoms with Crippen LogP contribution < -0.4 is 5.32 Å². The van der Waals surface area contributed by atoms with Crippen molar-refractivity contribution in [2.75, 3.05) is 5.32 Å². The molecule has 2 rings (SSSR count). The SMILES string of the molecule is O=[N+]([O-])c1ccc(NCc2ccc(O)cc2)cc1Cl. The summed E-state index contributed by atoms with van der Waals surface area (Å²) in [5.74, 6) is 0.210. The molecule has 19 heavy (non-hydrogen) atoms. The number of nitro benzene ring substituents is 1. The van der Waals surface area contributed by atoms with Gasteiger partial charge >= 0.3 is 0 Å². The summed E-state index contributed by atoms with van der Waals surface area (Å²) < 4.78 is 0. The second-order valence-electron chi connectivity index (χ2n) is 3.94. The summed E-state index contributed by atoms with van der Waals surface area (Å²) in [6, 6.07) is 11.2. The fraction of sp³-hybridized carbons (Fsp3) is 0.0769. The zero-order valence-electron chi connectivity index (χ0n) is 9.84. The average molecular weight is 279 g/mol. The number of rotatable bonds is 4. The number of nitro groups is 1. The van der Waals surface area contributed by atoms with E-state index in [2.05, 4.69) is 5.32 Å². The van der Waals surface area contributed by atoms with Crippen molar-refractivity contribution in [1.82, 2.24) is 0 Å². The minimum Gasteiger partial charge on any atom is -0.508 e. The smallest absolute Gasteiger partial charge is 0.288 e. The van der Waals surface area contributed by atoms with E-state index >= 15 is 0 Å². The molecule has 2 aromatic carbocycles. The number of phenols is 1. The van der Waals surface area contributed by atoms with Gasteiger partial charge in [0.25, 0.3) is 5.69 Å². The third-order valence-electron chi connectivity index (χ3n) is 2.58. The van der Waals surface area contributed by atoms with E-state index in [9.17, 15) is 10.1 Å². The van der Waals surface area contributed by atoms with Crippen molar-refractivity contribution < 1.29 is 10.0 Å². The van der Waals surface area contributed by atoms with E-state index in [0.29, 0.717) is 12.2 Å². The highest BCUT2D eigenvalue weighted by Crippen LogP contribution is 2.27. The van der Waals surface area contributed by atoms with E-state index in [4.69, 9.17) is 16.7 Å². The molecule has 0 aliphatic carbocycles. The summed E-state index contributed by atoms with van der Waals surface area (Å²) in [6.07, 6.45) is 0. The van der Waals surface area contributed by atoms with Crippen molar-refractivity contribution in [2.45, 2.75) is 6.54 Å². The highest BCUT2D eigenvalue weighted by molar-refractivity contribution is 6.32. The van der Waals surface area contributed by atoms with E-state index in [1.165, 1.54) is 12.1 Å². The van der Waals surface area contributed by atoms with Gasteiger partial charge in [0.15, 0.2) is 0 Å². The molecule has 98 valence electrons. The molecule has 5 nitrogen and oxygen atoms in total. The molecule has 0 heterocycles. The van der Waals surface area contributed by atoms with Crippen LogP contribution in [0.25, 0.3) is 0 Å². The Morgan fingerprint density at radius 2 is 1.89 bits per heavy atom. The summed E-state index contributed by atoms with van der Waals surface area (Å²) in [5.41, 5.74) is 1.56. The first-order valence-corrected chi connectivity index (χ1v) is 5.90. The number of hydrogen-bond donors (Lipinski definition) is 2. The number of phenolic OH excluding ortho intramolecular Hbond substituents is 1. The predicted molar refractivity (Wildman–Crippen MR) is 73.5 cm³/mol. The molecule has 0 aromatic heterocycles. The number of nitrogens with one attached hydrogen (secondary N) is 1. The maximum atomic E-state index is 10.6. The Labute approximate surface area is 114 Å². The van der Waals surface area contributed by atoms with Crippen molar-refractivity contribution in [3.63, 3.8) is 0 Å². The summed E-state index contributed by atoms with van der Waals surface area (Å²) in [4.78, 5) is 10.1. The van der Waals surface area contributed by atoms with Crippen molar-refractivity contribution in [3.05, 3.63) is 63.2 Å². The molecule has 0 spiro atoms. The van der Waals surface area contributed by atoms with Gasteiger partial charge in [-0.3, -0.25) is 10.1 Å². The summed E-state index contributed by atoms with van der Waals surface area (Å²) in [5, 5.41) is 23.0. The Morgan fingerprint density at radius 3 is 2.47 bits per heavy atom. The van der Waals surface area contributed by atoms with Crippen molar-refractivity contribution >= 4 is 23.0 Å². The molecule has 0 aliphatic rings. The highest BCUT2D eigenvalue weighted by Gasteiger charge is 2.11. The standard InChI is InChI=1S/C13H11ClN2O3/c14-12-7-10(3-6-13(12)16(18)19)15-8-9-1-4-11(17)5-2-9/h1-7,15,17H,8H2. The Balaban J connectivity index is 2.06. The topological polar surface area (TPSA) is 75.4 Å². The molecular formula is C13H11ClN2O3. The lowest BCUT2D eigenvalue weighted by Crippen LogP contribution is -1.99. The van der Waals surface area contributed by atoms with E-state index < -0.39 is 4.92 Å². The fourth-order valence-electron chi connectivity index (χ4n) is 1.58. The summed E-state index contributed by atoms with van der Waals surface area (Å²) >= 11 is 5.81. The van der Waals surface area contributed by atoms with Gasteiger partial charge in [0, 0.05) is 18.3 Å². The zero-order valence-corrected chi connectivity index (χ0v) is 10.6. The van der Waals surface area contributed by atoms with Gasteiger partial charge in [-0.15, -0.1) is 0 Å². The monoisotopic (exact) mass is 278 g/mol. The number of aromatic hydroxyl groups is 1. The Hall–Kier alpha value is -2.27. The van der Waals surface area contributed by atoms with E-state index in [0.717, 1.165) is 5.56 Å². The van der Waals surface area contributed by atoms with Crippen LogP contribution in [-0.2, 0) is 6.54 Å². The third kappa shape index (κ3) is 3.35. The minimum atomic E-state index is -0.522. The number of hydrogen-bond acceptors (Lipinski definition) is 4. The van der Waals surface area contributed by atoms with Crippen LogP contribution in [-0.4, -0.2) is 10.0 Å². The van der Waals surface area contributed by atoms with Crippen LogP contribution in [0.1, 0.15) is 5.56 Å². The fourth-order valence-corrected chi connectivity index (χ4v) is 1.83. The molecule has 0 saturated carbocycles. The minimum absolute atomic E-state index is 0.0979. The van der Waals surface area contributed by atoms with Gasteiger partial charge in [-0.1, -0.05) is 23.7 Å². The molecule has 0 aliphatic heterocycles.